The number of hydrogen-bond donors (Lipinski definition) is 2. The van der Waals surface area contributed by atoms with Crippen LogP contribution in [0.1, 0.15) is 53.4 Å². The van der Waals surface area contributed by atoms with Crippen molar-refractivity contribution in [1.82, 2.24) is 24.9 Å². The van der Waals surface area contributed by atoms with Gasteiger partial charge in [0.2, 0.25) is 11.8 Å². The number of piperazine rings is 1. The molecule has 3 fully saturated rings. The van der Waals surface area contributed by atoms with Gasteiger partial charge in [-0.05, 0) is 83.0 Å². The van der Waals surface area contributed by atoms with Crippen molar-refractivity contribution < 1.29 is 9.59 Å². The molecule has 3 atom stereocenters. The number of nitrogens with zero attached hydrogens (tertiary/aromatic N) is 5. The molecule has 3 aliphatic heterocycles. The first-order valence-electron chi connectivity index (χ1n) is 15.8. The lowest BCUT2D eigenvalue weighted by Crippen LogP contribution is -2.46. The minimum absolute atomic E-state index is 0.146. The van der Waals surface area contributed by atoms with Crippen LogP contribution >= 0.6 is 15.9 Å². The third-order valence-corrected chi connectivity index (χ3v) is 10.3. The summed E-state index contributed by atoms with van der Waals surface area (Å²) in [6.45, 7) is 8.66. The molecule has 4 heterocycles. The Morgan fingerprint density at radius 3 is 2.49 bits per heavy atom. The number of halogens is 1. The molecule has 1 aromatic heterocycles. The Labute approximate surface area is 272 Å². The van der Waals surface area contributed by atoms with E-state index < -0.39 is 0 Å². The number of aryl methyl sites for hydroxylation is 2. The lowest BCUT2D eigenvalue weighted by Gasteiger charge is -2.37. The first kappa shape index (κ1) is 31.4. The van der Waals surface area contributed by atoms with E-state index in [1.165, 1.54) is 15.8 Å². The molecule has 6 rings (SSSR count). The van der Waals surface area contributed by atoms with Crippen LogP contribution in [-0.4, -0.2) is 83.8 Å². The normalized spacial score (nSPS) is 23.2. The molecule has 1 unspecified atom stereocenters. The molecular formula is C34H42BrN7O3. The lowest BCUT2D eigenvalue weighted by molar-refractivity contribution is -0.134. The second kappa shape index (κ2) is 13.4. The van der Waals surface area contributed by atoms with Gasteiger partial charge in [-0.3, -0.25) is 24.6 Å². The van der Waals surface area contributed by atoms with Crippen LogP contribution in [0, 0.1) is 6.92 Å². The second-order valence-electron chi connectivity index (χ2n) is 12.8. The molecule has 0 spiro atoms. The molecule has 2 N–H and O–H groups in total. The average Bonchev–Trinajstić information content (AvgIpc) is 3.02. The minimum atomic E-state index is -0.262. The number of nitrogens with one attached hydrogen (secondary N) is 2. The predicted octanol–water partition coefficient (Wildman–Crippen LogP) is 3.59. The van der Waals surface area contributed by atoms with E-state index in [1.807, 2.05) is 6.92 Å². The van der Waals surface area contributed by atoms with Gasteiger partial charge in [-0.15, -0.1) is 0 Å². The first-order valence-corrected chi connectivity index (χ1v) is 16.6. The van der Waals surface area contributed by atoms with E-state index in [9.17, 15) is 14.4 Å². The number of piperidine rings is 2. The maximum absolute atomic E-state index is 12.5. The van der Waals surface area contributed by atoms with E-state index in [2.05, 4.69) is 95.9 Å². The quantitative estimate of drug-likeness (QED) is 0.367. The van der Waals surface area contributed by atoms with Crippen molar-refractivity contribution in [1.29, 1.82) is 0 Å². The maximum atomic E-state index is 12.5. The van der Waals surface area contributed by atoms with Crippen molar-refractivity contribution in [3.05, 3.63) is 85.7 Å². The number of carbonyl (C=O) groups is 2. The molecule has 10 nitrogen and oxygen atoms in total. The van der Waals surface area contributed by atoms with E-state index in [-0.39, 0.29) is 29.3 Å². The molecule has 3 aromatic rings. The lowest BCUT2D eigenvalue weighted by atomic mass is 9.87. The third-order valence-electron chi connectivity index (χ3n) is 9.54. The van der Waals surface area contributed by atoms with Gasteiger partial charge in [0.1, 0.15) is 4.47 Å². The Hall–Kier alpha value is -3.54. The largest absolute Gasteiger partial charge is 0.379 e. The van der Waals surface area contributed by atoms with E-state index in [4.69, 9.17) is 0 Å². The zero-order chi connectivity index (χ0) is 31.7. The van der Waals surface area contributed by atoms with Crippen molar-refractivity contribution in [2.45, 2.75) is 50.6 Å². The van der Waals surface area contributed by atoms with Gasteiger partial charge in [0.05, 0.1) is 17.8 Å². The maximum Gasteiger partial charge on any atom is 0.282 e. The summed E-state index contributed by atoms with van der Waals surface area (Å²) in [5.74, 6) is -0.219. The van der Waals surface area contributed by atoms with E-state index in [0.29, 0.717) is 23.2 Å². The molecule has 3 aliphatic rings. The number of rotatable bonds is 7. The van der Waals surface area contributed by atoms with Crippen molar-refractivity contribution in [2.75, 3.05) is 56.5 Å². The van der Waals surface area contributed by atoms with Crippen LogP contribution in [0.15, 0.2) is 57.9 Å². The van der Waals surface area contributed by atoms with Crippen LogP contribution in [-0.2, 0) is 23.2 Å². The van der Waals surface area contributed by atoms with Crippen molar-refractivity contribution >= 4 is 39.1 Å². The molecule has 0 radical (unpaired) electrons. The fraction of sp³-hybridized carbons (Fsp3) is 0.471. The SMILES string of the molecule is Cc1ccc(N2CCN(Cc3ccc([C@@H]4C[C@H](Nc5cnn(C)c(=O)c5Br)CN(C)C4)cc3)CC2)cc1C1CCC(=O)NC1=O. The molecule has 45 heavy (non-hydrogen) atoms. The summed E-state index contributed by atoms with van der Waals surface area (Å²) >= 11 is 3.44. The Kier molecular flexibility index (Phi) is 9.39. The fourth-order valence-electron chi connectivity index (χ4n) is 7.00. The molecule has 0 bridgehead atoms. The van der Waals surface area contributed by atoms with Crippen LogP contribution in [0.25, 0.3) is 0 Å². The van der Waals surface area contributed by atoms with Gasteiger partial charge in [-0.2, -0.15) is 5.10 Å². The van der Waals surface area contributed by atoms with Crippen molar-refractivity contribution in [2.24, 2.45) is 7.05 Å². The molecule has 3 saturated heterocycles. The Balaban J connectivity index is 1.03. The van der Waals surface area contributed by atoms with Gasteiger partial charge in [-0.1, -0.05) is 30.3 Å². The highest BCUT2D eigenvalue weighted by Gasteiger charge is 2.30. The number of anilines is 2. The highest BCUT2D eigenvalue weighted by molar-refractivity contribution is 9.10. The fourth-order valence-corrected chi connectivity index (χ4v) is 7.48. The number of benzene rings is 2. The van der Waals surface area contributed by atoms with Gasteiger partial charge in [0.25, 0.3) is 5.56 Å². The number of likely N-dealkylation sites (tertiary alicyclic amines) is 1. The van der Waals surface area contributed by atoms with Crippen LogP contribution in [0.3, 0.4) is 0 Å². The summed E-state index contributed by atoms with van der Waals surface area (Å²) in [5.41, 5.74) is 6.52. The van der Waals surface area contributed by atoms with E-state index in [0.717, 1.165) is 74.7 Å². The van der Waals surface area contributed by atoms with Gasteiger partial charge in [0.15, 0.2) is 0 Å². The van der Waals surface area contributed by atoms with Crippen molar-refractivity contribution in [3.8, 4) is 0 Å². The Bertz CT molecular complexity index is 1620. The van der Waals surface area contributed by atoms with Gasteiger partial charge >= 0.3 is 0 Å². The molecule has 2 amide bonds. The van der Waals surface area contributed by atoms with Crippen LogP contribution in [0.4, 0.5) is 11.4 Å². The molecular weight excluding hydrogens is 634 g/mol. The number of amides is 2. The number of likely N-dealkylation sites (N-methyl/N-ethyl adjacent to an activating group) is 1. The molecule has 0 saturated carbocycles. The van der Waals surface area contributed by atoms with Crippen LogP contribution < -0.4 is 21.1 Å². The van der Waals surface area contributed by atoms with Gasteiger partial charge < -0.3 is 15.1 Å². The summed E-state index contributed by atoms with van der Waals surface area (Å²) in [7, 11) is 3.80. The topological polar surface area (TPSA) is 103 Å². The number of hydrogen-bond acceptors (Lipinski definition) is 8. The standard InChI is InChI=1S/C34H42BrN7O3/c1-22-4-9-27(17-29(22)28-10-11-31(43)38-33(28)44)42-14-12-41(13-15-42)19-23-5-7-24(8-6-23)25-16-26(21-39(2)20-25)37-30-18-36-40(3)34(45)32(30)35/h4-9,17-18,25-26,28,37H,10-16,19-21H2,1-3H3,(H,38,43,44)/t25-,26+,28?/m1/s1. The van der Waals surface area contributed by atoms with E-state index in [1.54, 1.807) is 13.2 Å². The molecule has 11 heteroatoms. The van der Waals surface area contributed by atoms with Crippen LogP contribution in [0.5, 0.6) is 0 Å². The summed E-state index contributed by atoms with van der Waals surface area (Å²) < 4.78 is 1.85. The molecule has 238 valence electrons. The number of imide groups is 1. The summed E-state index contributed by atoms with van der Waals surface area (Å²) in [4.78, 5) is 43.7. The number of carbonyl (C=O) groups excluding carboxylic acids is 2. The van der Waals surface area contributed by atoms with Gasteiger partial charge in [0, 0.05) is 71.0 Å². The molecule has 0 aliphatic carbocycles. The van der Waals surface area contributed by atoms with E-state index >= 15 is 0 Å². The Morgan fingerprint density at radius 1 is 1.00 bits per heavy atom. The van der Waals surface area contributed by atoms with Crippen LogP contribution in [0.2, 0.25) is 0 Å². The minimum Gasteiger partial charge on any atom is -0.379 e. The van der Waals surface area contributed by atoms with Gasteiger partial charge in [-0.25, -0.2) is 4.68 Å². The summed E-state index contributed by atoms with van der Waals surface area (Å²) in [6.07, 6.45) is 3.66. The second-order valence-corrected chi connectivity index (χ2v) is 13.6. The highest BCUT2D eigenvalue weighted by atomic mass is 79.9. The Morgan fingerprint density at radius 2 is 1.76 bits per heavy atom. The predicted molar refractivity (Wildman–Crippen MR) is 180 cm³/mol. The third kappa shape index (κ3) is 7.15. The number of aromatic nitrogens is 2. The molecule has 2 aromatic carbocycles. The first-order chi connectivity index (χ1) is 21.6. The zero-order valence-corrected chi connectivity index (χ0v) is 27.8. The zero-order valence-electron chi connectivity index (χ0n) is 26.3. The summed E-state index contributed by atoms with van der Waals surface area (Å²) in [5, 5.41) is 10.2. The highest BCUT2D eigenvalue weighted by Crippen LogP contribution is 2.32. The average molecular weight is 677 g/mol. The van der Waals surface area contributed by atoms with Crippen molar-refractivity contribution in [3.63, 3.8) is 0 Å². The summed E-state index contributed by atoms with van der Waals surface area (Å²) in [6, 6.07) is 15.7. The monoisotopic (exact) mass is 675 g/mol. The smallest absolute Gasteiger partial charge is 0.282 e.